The topological polar surface area (TPSA) is 84.0 Å². The van der Waals surface area contributed by atoms with E-state index in [4.69, 9.17) is 0 Å². The van der Waals surface area contributed by atoms with Gasteiger partial charge >= 0.3 is 11.8 Å². The van der Waals surface area contributed by atoms with Crippen LogP contribution in [-0.2, 0) is 9.59 Å². The van der Waals surface area contributed by atoms with Gasteiger partial charge < -0.3 is 5.32 Å². The molecular formula is C9H14N4O2S. The Kier molecular flexibility index (Phi) is 5.41. The number of nitrogens with zero attached hydrogens (tertiary/aromatic N) is 2. The summed E-state index contributed by atoms with van der Waals surface area (Å²) in [6.07, 6.45) is 3.00. The number of hydrogen-bond donors (Lipinski definition) is 2. The van der Waals surface area contributed by atoms with Crippen molar-refractivity contribution in [3.63, 3.8) is 0 Å². The second kappa shape index (κ2) is 6.89. The Balaban J connectivity index is 2.23. The largest absolute Gasteiger partial charge is 0.348 e. The van der Waals surface area contributed by atoms with E-state index in [2.05, 4.69) is 27.8 Å². The summed E-state index contributed by atoms with van der Waals surface area (Å²) in [5.74, 6) is -1.33. The summed E-state index contributed by atoms with van der Waals surface area (Å²) < 4.78 is 0. The molecule has 0 saturated carbocycles. The molecule has 0 fully saturated rings. The Hall–Kier alpha value is -1.50. The summed E-state index contributed by atoms with van der Waals surface area (Å²) in [5, 5.41) is 12.4. The lowest BCUT2D eigenvalue weighted by atomic mass is 10.2. The third-order valence-electron chi connectivity index (χ3n) is 1.85. The van der Waals surface area contributed by atoms with Gasteiger partial charge in [0.1, 0.15) is 5.51 Å². The maximum absolute atomic E-state index is 11.3. The first-order chi connectivity index (χ1) is 7.74. The van der Waals surface area contributed by atoms with Gasteiger partial charge in [-0.1, -0.05) is 31.1 Å². The van der Waals surface area contributed by atoms with Gasteiger partial charge in [-0.15, -0.1) is 10.2 Å². The minimum atomic E-state index is -0.701. The highest BCUT2D eigenvalue weighted by Crippen LogP contribution is 2.07. The first-order valence-corrected chi connectivity index (χ1v) is 5.97. The van der Waals surface area contributed by atoms with Gasteiger partial charge in [0.25, 0.3) is 0 Å². The zero-order chi connectivity index (χ0) is 11.8. The van der Waals surface area contributed by atoms with Crippen molar-refractivity contribution < 1.29 is 9.59 Å². The standard InChI is InChI=1S/C9H14N4O2S/c1-2-3-4-5-10-7(14)8(15)12-9-13-11-6-16-9/h6H,2-5H2,1H3,(H,10,14)(H,12,13,15). The lowest BCUT2D eigenvalue weighted by Crippen LogP contribution is -2.35. The Morgan fingerprint density at radius 2 is 2.19 bits per heavy atom. The van der Waals surface area contributed by atoms with Gasteiger partial charge in [-0.3, -0.25) is 14.9 Å². The fraction of sp³-hybridized carbons (Fsp3) is 0.556. The smallest absolute Gasteiger partial charge is 0.315 e. The van der Waals surface area contributed by atoms with Crippen molar-refractivity contribution in [1.82, 2.24) is 15.5 Å². The van der Waals surface area contributed by atoms with Crippen LogP contribution in [0.5, 0.6) is 0 Å². The fourth-order valence-electron chi connectivity index (χ4n) is 1.04. The Morgan fingerprint density at radius 3 is 2.81 bits per heavy atom. The van der Waals surface area contributed by atoms with Crippen LogP contribution in [0.2, 0.25) is 0 Å². The molecule has 2 N–H and O–H groups in total. The molecule has 0 aliphatic carbocycles. The number of hydrogen-bond acceptors (Lipinski definition) is 5. The van der Waals surface area contributed by atoms with Gasteiger partial charge in [0.2, 0.25) is 5.13 Å². The highest BCUT2D eigenvalue weighted by atomic mass is 32.1. The lowest BCUT2D eigenvalue weighted by molar-refractivity contribution is -0.136. The number of carbonyl (C=O) groups excluding carboxylic acids is 2. The molecule has 2 amide bonds. The van der Waals surface area contributed by atoms with Gasteiger partial charge in [-0.2, -0.15) is 0 Å². The number of nitrogens with one attached hydrogen (secondary N) is 2. The van der Waals surface area contributed by atoms with Crippen LogP contribution in [0, 0.1) is 0 Å². The van der Waals surface area contributed by atoms with E-state index in [0.29, 0.717) is 11.7 Å². The van der Waals surface area contributed by atoms with Crippen molar-refractivity contribution in [2.45, 2.75) is 26.2 Å². The van der Waals surface area contributed by atoms with Crippen molar-refractivity contribution in [2.24, 2.45) is 0 Å². The predicted molar refractivity (Wildman–Crippen MR) is 61.1 cm³/mol. The molecule has 0 unspecified atom stereocenters. The summed E-state index contributed by atoms with van der Waals surface area (Å²) in [7, 11) is 0. The number of anilines is 1. The third kappa shape index (κ3) is 4.35. The molecule has 0 radical (unpaired) electrons. The number of rotatable bonds is 5. The molecular weight excluding hydrogens is 228 g/mol. The zero-order valence-corrected chi connectivity index (χ0v) is 9.84. The first kappa shape index (κ1) is 12.6. The second-order valence-corrected chi connectivity index (χ2v) is 3.99. The number of unbranched alkanes of at least 4 members (excludes halogenated alkanes) is 2. The Morgan fingerprint density at radius 1 is 1.38 bits per heavy atom. The van der Waals surface area contributed by atoms with Crippen LogP contribution >= 0.6 is 11.3 Å². The van der Waals surface area contributed by atoms with E-state index >= 15 is 0 Å². The fourth-order valence-corrected chi connectivity index (χ4v) is 1.48. The highest BCUT2D eigenvalue weighted by Gasteiger charge is 2.13. The van der Waals surface area contributed by atoms with Gasteiger partial charge in [0, 0.05) is 6.54 Å². The summed E-state index contributed by atoms with van der Waals surface area (Å²) in [4.78, 5) is 22.6. The number of aromatic nitrogens is 2. The van der Waals surface area contributed by atoms with E-state index in [1.165, 1.54) is 16.8 Å². The summed E-state index contributed by atoms with van der Waals surface area (Å²) in [6, 6.07) is 0. The van der Waals surface area contributed by atoms with E-state index in [1.54, 1.807) is 0 Å². The molecule has 0 atom stereocenters. The molecule has 0 spiro atoms. The number of carbonyl (C=O) groups is 2. The molecule has 16 heavy (non-hydrogen) atoms. The van der Waals surface area contributed by atoms with Crippen LogP contribution in [0.4, 0.5) is 5.13 Å². The molecule has 88 valence electrons. The maximum Gasteiger partial charge on any atom is 0.315 e. The summed E-state index contributed by atoms with van der Waals surface area (Å²) in [6.45, 7) is 2.60. The zero-order valence-electron chi connectivity index (χ0n) is 9.02. The van der Waals surface area contributed by atoms with E-state index in [-0.39, 0.29) is 0 Å². The molecule has 0 aliphatic heterocycles. The van der Waals surface area contributed by atoms with Crippen molar-refractivity contribution in [1.29, 1.82) is 0 Å². The SMILES string of the molecule is CCCCCNC(=O)C(=O)Nc1nncs1. The Bertz CT molecular complexity index is 339. The molecule has 0 bridgehead atoms. The minimum absolute atomic E-state index is 0.328. The van der Waals surface area contributed by atoms with E-state index in [0.717, 1.165) is 19.3 Å². The van der Waals surface area contributed by atoms with Crippen molar-refractivity contribution in [2.75, 3.05) is 11.9 Å². The van der Waals surface area contributed by atoms with Crippen LogP contribution in [0.25, 0.3) is 0 Å². The Labute approximate surface area is 97.5 Å². The summed E-state index contributed by atoms with van der Waals surface area (Å²) >= 11 is 1.17. The van der Waals surface area contributed by atoms with Crippen LogP contribution < -0.4 is 10.6 Å². The van der Waals surface area contributed by atoms with E-state index in [9.17, 15) is 9.59 Å². The minimum Gasteiger partial charge on any atom is -0.348 e. The van der Waals surface area contributed by atoms with Crippen LogP contribution in [-0.4, -0.2) is 28.6 Å². The monoisotopic (exact) mass is 242 g/mol. The van der Waals surface area contributed by atoms with E-state index in [1.807, 2.05) is 0 Å². The highest BCUT2D eigenvalue weighted by molar-refractivity contribution is 7.13. The van der Waals surface area contributed by atoms with Gasteiger partial charge in [0.15, 0.2) is 0 Å². The van der Waals surface area contributed by atoms with Crippen LogP contribution in [0.3, 0.4) is 0 Å². The van der Waals surface area contributed by atoms with E-state index < -0.39 is 11.8 Å². The molecule has 0 saturated heterocycles. The van der Waals surface area contributed by atoms with Crippen molar-refractivity contribution >= 4 is 28.3 Å². The van der Waals surface area contributed by atoms with Crippen LogP contribution in [0.1, 0.15) is 26.2 Å². The maximum atomic E-state index is 11.3. The average Bonchev–Trinajstić information content (AvgIpc) is 2.76. The molecule has 7 heteroatoms. The molecule has 1 aromatic rings. The van der Waals surface area contributed by atoms with Crippen molar-refractivity contribution in [3.05, 3.63) is 5.51 Å². The van der Waals surface area contributed by atoms with Gasteiger partial charge in [-0.05, 0) is 6.42 Å². The normalized spacial score (nSPS) is 9.81. The number of amides is 2. The lowest BCUT2D eigenvalue weighted by Gasteiger charge is -2.03. The van der Waals surface area contributed by atoms with Crippen molar-refractivity contribution in [3.8, 4) is 0 Å². The summed E-state index contributed by atoms with van der Waals surface area (Å²) in [5.41, 5.74) is 1.48. The molecule has 1 aromatic heterocycles. The molecule has 6 nitrogen and oxygen atoms in total. The first-order valence-electron chi connectivity index (χ1n) is 5.09. The second-order valence-electron chi connectivity index (χ2n) is 3.16. The van der Waals surface area contributed by atoms with Crippen LogP contribution in [0.15, 0.2) is 5.51 Å². The predicted octanol–water partition coefficient (Wildman–Crippen LogP) is 0.783. The molecule has 0 aliphatic rings. The third-order valence-corrected chi connectivity index (χ3v) is 2.46. The average molecular weight is 242 g/mol. The van der Waals surface area contributed by atoms with Gasteiger partial charge in [-0.25, -0.2) is 0 Å². The quantitative estimate of drug-likeness (QED) is 0.590. The van der Waals surface area contributed by atoms with Gasteiger partial charge in [0.05, 0.1) is 0 Å². The molecule has 0 aromatic carbocycles. The molecule has 1 rings (SSSR count). The molecule has 1 heterocycles.